The van der Waals surface area contributed by atoms with E-state index >= 15 is 0 Å². The first-order valence-electron chi connectivity index (χ1n) is 12.2. The zero-order valence-corrected chi connectivity index (χ0v) is 19.9. The van der Waals surface area contributed by atoms with Gasteiger partial charge in [0.05, 0.1) is 5.69 Å². The third-order valence-electron chi connectivity index (χ3n) is 6.52. The van der Waals surface area contributed by atoms with Crippen molar-refractivity contribution in [2.24, 2.45) is 0 Å². The molecule has 1 nitrogen and oxygen atoms in total. The molecule has 0 atom stereocenters. The Hall–Kier alpha value is -4.75. The highest BCUT2D eigenvalue weighted by Crippen LogP contribution is 2.32. The highest BCUT2D eigenvalue weighted by molar-refractivity contribution is 5.79. The maximum atomic E-state index is 4.70. The molecule has 6 aromatic rings. The van der Waals surface area contributed by atoms with Crippen LogP contribution in [0.3, 0.4) is 0 Å². The zero-order valence-electron chi connectivity index (χ0n) is 19.9. The topological polar surface area (TPSA) is 12.9 Å². The Morgan fingerprint density at radius 2 is 0.639 bits per heavy atom. The van der Waals surface area contributed by atoms with Gasteiger partial charge in [0.25, 0.3) is 0 Å². The molecule has 1 heteroatoms. The molecule has 0 N–H and O–H groups in total. The number of hydrogen-bond acceptors (Lipinski definition) is 1. The molecule has 0 radical (unpaired) electrons. The van der Waals surface area contributed by atoms with E-state index in [9.17, 15) is 0 Å². The van der Waals surface area contributed by atoms with Crippen LogP contribution in [0.4, 0.5) is 0 Å². The van der Waals surface area contributed by atoms with E-state index in [1.54, 1.807) is 0 Å². The molecule has 5 aromatic carbocycles. The second-order valence-corrected chi connectivity index (χ2v) is 8.90. The van der Waals surface area contributed by atoms with Gasteiger partial charge in [0.15, 0.2) is 0 Å². The summed E-state index contributed by atoms with van der Waals surface area (Å²) in [5.41, 5.74) is 11.7. The molecule has 0 spiro atoms. The molecule has 6 rings (SSSR count). The van der Waals surface area contributed by atoms with Gasteiger partial charge in [-0.3, -0.25) is 4.98 Å². The minimum atomic E-state index is 0.974. The van der Waals surface area contributed by atoms with Crippen molar-refractivity contribution in [2.45, 2.75) is 0 Å². The molecule has 0 amide bonds. The van der Waals surface area contributed by atoms with Crippen LogP contribution in [-0.4, -0.2) is 4.98 Å². The van der Waals surface area contributed by atoms with Crippen LogP contribution in [0.5, 0.6) is 0 Å². The molecule has 170 valence electrons. The lowest BCUT2D eigenvalue weighted by Crippen LogP contribution is -1.87. The third kappa shape index (κ3) is 4.60. The Kier molecular flexibility index (Phi) is 5.96. The normalized spacial score (nSPS) is 10.8. The lowest BCUT2D eigenvalue weighted by molar-refractivity contribution is 1.33. The Morgan fingerprint density at radius 1 is 0.278 bits per heavy atom. The first-order valence-corrected chi connectivity index (χ1v) is 12.2. The van der Waals surface area contributed by atoms with E-state index in [0.717, 1.165) is 16.8 Å². The van der Waals surface area contributed by atoms with E-state index in [-0.39, 0.29) is 0 Å². The van der Waals surface area contributed by atoms with Gasteiger partial charge in [-0.2, -0.15) is 0 Å². The quantitative estimate of drug-likeness (QED) is 0.250. The number of pyridine rings is 1. The van der Waals surface area contributed by atoms with E-state index in [0.29, 0.717) is 0 Å². The Balaban J connectivity index is 1.34. The number of nitrogens with zero attached hydrogens (tertiary/aromatic N) is 1. The second-order valence-electron chi connectivity index (χ2n) is 8.90. The van der Waals surface area contributed by atoms with Gasteiger partial charge >= 0.3 is 0 Å². The maximum absolute atomic E-state index is 4.70. The lowest BCUT2D eigenvalue weighted by atomic mass is 9.95. The standard InChI is InChI=1S/C35H25N/c1-3-10-26(11-4-1)28-14-7-16-30(22-28)31-17-8-18-32(23-31)33-20-21-36-35(25-33)34-19-9-15-29(24-34)27-12-5-2-6-13-27/h1-25H. The van der Waals surface area contributed by atoms with Crippen molar-refractivity contribution in [3.8, 4) is 55.8 Å². The smallest absolute Gasteiger partial charge is 0.0708 e. The summed E-state index contributed by atoms with van der Waals surface area (Å²) < 4.78 is 0. The van der Waals surface area contributed by atoms with Gasteiger partial charge < -0.3 is 0 Å². The average Bonchev–Trinajstić information content (AvgIpc) is 2.98. The number of aromatic nitrogens is 1. The Morgan fingerprint density at radius 3 is 1.14 bits per heavy atom. The molecule has 1 heterocycles. The molecule has 1 aromatic heterocycles. The lowest BCUT2D eigenvalue weighted by Gasteiger charge is -2.10. The molecule has 36 heavy (non-hydrogen) atoms. The summed E-state index contributed by atoms with van der Waals surface area (Å²) in [6.45, 7) is 0. The van der Waals surface area contributed by atoms with Gasteiger partial charge in [-0.15, -0.1) is 0 Å². The van der Waals surface area contributed by atoms with Crippen LogP contribution in [-0.2, 0) is 0 Å². The molecule has 0 aliphatic heterocycles. The fourth-order valence-electron chi connectivity index (χ4n) is 4.64. The maximum Gasteiger partial charge on any atom is 0.0708 e. The average molecular weight is 460 g/mol. The monoisotopic (exact) mass is 459 g/mol. The van der Waals surface area contributed by atoms with Crippen molar-refractivity contribution in [1.29, 1.82) is 0 Å². The van der Waals surface area contributed by atoms with Crippen LogP contribution in [0.15, 0.2) is 152 Å². The second kappa shape index (κ2) is 9.85. The van der Waals surface area contributed by atoms with Gasteiger partial charge in [0.1, 0.15) is 0 Å². The van der Waals surface area contributed by atoms with Gasteiger partial charge in [0.2, 0.25) is 0 Å². The third-order valence-corrected chi connectivity index (χ3v) is 6.52. The van der Waals surface area contributed by atoms with Crippen LogP contribution < -0.4 is 0 Å². The number of hydrogen-bond donors (Lipinski definition) is 0. The van der Waals surface area contributed by atoms with Crippen LogP contribution in [0.2, 0.25) is 0 Å². The molecule has 0 unspecified atom stereocenters. The Bertz CT molecular complexity index is 1490. The Labute approximate surface area is 212 Å². The number of rotatable bonds is 5. The van der Waals surface area contributed by atoms with E-state index < -0.39 is 0 Å². The molecule has 0 saturated carbocycles. The van der Waals surface area contributed by atoms with E-state index in [4.69, 9.17) is 4.98 Å². The fraction of sp³-hybridized carbons (Fsp3) is 0. The predicted molar refractivity (Wildman–Crippen MR) is 151 cm³/mol. The molecular formula is C35H25N. The molecule has 0 aliphatic rings. The highest BCUT2D eigenvalue weighted by atomic mass is 14.7. The van der Waals surface area contributed by atoms with Gasteiger partial charge in [0, 0.05) is 11.8 Å². The summed E-state index contributed by atoms with van der Waals surface area (Å²) in [5, 5.41) is 0. The van der Waals surface area contributed by atoms with Crippen molar-refractivity contribution in [2.75, 3.05) is 0 Å². The first-order chi connectivity index (χ1) is 17.8. The van der Waals surface area contributed by atoms with E-state index in [2.05, 4.69) is 140 Å². The minimum Gasteiger partial charge on any atom is -0.256 e. The van der Waals surface area contributed by atoms with E-state index in [1.165, 1.54) is 38.9 Å². The van der Waals surface area contributed by atoms with Crippen LogP contribution in [0.25, 0.3) is 55.8 Å². The van der Waals surface area contributed by atoms with Crippen LogP contribution in [0.1, 0.15) is 0 Å². The first kappa shape index (κ1) is 21.8. The summed E-state index contributed by atoms with van der Waals surface area (Å²) in [4.78, 5) is 4.70. The molecule has 0 saturated heterocycles. The van der Waals surface area contributed by atoms with Crippen molar-refractivity contribution >= 4 is 0 Å². The molecule has 0 fully saturated rings. The summed E-state index contributed by atoms with van der Waals surface area (Å²) in [7, 11) is 0. The summed E-state index contributed by atoms with van der Waals surface area (Å²) >= 11 is 0. The van der Waals surface area contributed by atoms with Crippen molar-refractivity contribution in [1.82, 2.24) is 4.98 Å². The predicted octanol–water partition coefficient (Wildman–Crippen LogP) is 9.42. The van der Waals surface area contributed by atoms with Gasteiger partial charge in [-0.1, -0.05) is 115 Å². The van der Waals surface area contributed by atoms with Crippen LogP contribution in [0, 0.1) is 0 Å². The largest absolute Gasteiger partial charge is 0.256 e. The summed E-state index contributed by atoms with van der Waals surface area (Å²) in [6.07, 6.45) is 1.91. The summed E-state index contributed by atoms with van der Waals surface area (Å²) in [5.74, 6) is 0. The van der Waals surface area contributed by atoms with Gasteiger partial charge in [-0.25, -0.2) is 0 Å². The fourth-order valence-corrected chi connectivity index (χ4v) is 4.64. The number of benzene rings is 5. The van der Waals surface area contributed by atoms with Crippen molar-refractivity contribution < 1.29 is 0 Å². The zero-order chi connectivity index (χ0) is 24.2. The highest BCUT2D eigenvalue weighted by Gasteiger charge is 2.07. The van der Waals surface area contributed by atoms with Crippen LogP contribution >= 0.6 is 0 Å². The summed E-state index contributed by atoms with van der Waals surface area (Å²) in [6, 6.07) is 51.4. The molecule has 0 aliphatic carbocycles. The van der Waals surface area contributed by atoms with E-state index in [1.807, 2.05) is 12.3 Å². The van der Waals surface area contributed by atoms with Gasteiger partial charge in [-0.05, 0) is 74.8 Å². The van der Waals surface area contributed by atoms with Crippen molar-refractivity contribution in [3.63, 3.8) is 0 Å². The SMILES string of the molecule is c1ccc(-c2cccc(-c3cccc(-c4ccnc(-c5cccc(-c6ccccc6)c5)c4)c3)c2)cc1. The molecular weight excluding hydrogens is 434 g/mol. The molecule has 0 bridgehead atoms. The van der Waals surface area contributed by atoms with Crippen molar-refractivity contribution in [3.05, 3.63) is 152 Å². The minimum absolute atomic E-state index is 0.974.